The maximum absolute atomic E-state index is 7.19. The predicted octanol–water partition coefficient (Wildman–Crippen LogP) is -0.278. The molecule has 1 aliphatic rings. The second-order valence-electron chi connectivity index (χ2n) is 2.09. The highest BCUT2D eigenvalue weighted by molar-refractivity contribution is 6.47. The zero-order valence-corrected chi connectivity index (χ0v) is 5.31. The van der Waals surface area contributed by atoms with E-state index in [1.165, 1.54) is 0 Å². The van der Waals surface area contributed by atoms with Crippen LogP contribution in [-0.2, 0) is 0 Å². The fourth-order valence-electron chi connectivity index (χ4n) is 0.682. The van der Waals surface area contributed by atoms with Crippen molar-refractivity contribution in [3.63, 3.8) is 0 Å². The molecule has 0 saturated carbocycles. The van der Waals surface area contributed by atoms with E-state index in [0.717, 1.165) is 5.57 Å². The molecule has 0 unspecified atom stereocenters. The Labute approximate surface area is 53.9 Å². The summed E-state index contributed by atoms with van der Waals surface area (Å²) in [4.78, 5) is 0. The summed E-state index contributed by atoms with van der Waals surface area (Å²) in [6.45, 7) is 1.95. The van der Waals surface area contributed by atoms with Crippen molar-refractivity contribution in [2.75, 3.05) is 0 Å². The van der Waals surface area contributed by atoms with Gasteiger partial charge in [-0.3, -0.25) is 10.8 Å². The summed E-state index contributed by atoms with van der Waals surface area (Å²) in [5.41, 5.74) is 2.05. The summed E-state index contributed by atoms with van der Waals surface area (Å²) < 4.78 is 0. The lowest BCUT2D eigenvalue weighted by Gasteiger charge is -1.97. The number of rotatable bonds is 0. The van der Waals surface area contributed by atoms with E-state index in [-0.39, 0.29) is 0 Å². The van der Waals surface area contributed by atoms with Gasteiger partial charge < -0.3 is 0 Å². The minimum atomic E-state index is 0.403. The maximum Gasteiger partial charge on any atom is 0.222 e. The first kappa shape index (κ1) is 5.95. The maximum atomic E-state index is 7.19. The summed E-state index contributed by atoms with van der Waals surface area (Å²) in [5.74, 6) is 0. The van der Waals surface area contributed by atoms with E-state index in [1.54, 1.807) is 12.2 Å². The molecule has 0 saturated heterocycles. The van der Waals surface area contributed by atoms with Crippen molar-refractivity contribution in [1.29, 1.82) is 5.41 Å². The fourth-order valence-corrected chi connectivity index (χ4v) is 0.682. The van der Waals surface area contributed by atoms with Crippen LogP contribution in [0.5, 0.6) is 0 Å². The summed E-state index contributed by atoms with van der Waals surface area (Å²) >= 11 is 0. The molecule has 0 bridgehead atoms. The van der Waals surface area contributed by atoms with Gasteiger partial charge in [0.25, 0.3) is 0 Å². The van der Waals surface area contributed by atoms with Gasteiger partial charge in [0.15, 0.2) is 0 Å². The van der Waals surface area contributed by atoms with E-state index in [4.69, 9.17) is 10.8 Å². The van der Waals surface area contributed by atoms with E-state index in [2.05, 4.69) is 0 Å². The molecule has 0 aromatic heterocycles. The van der Waals surface area contributed by atoms with Gasteiger partial charge in [-0.05, 0) is 18.6 Å². The molecule has 0 atom stereocenters. The molecule has 0 heterocycles. The van der Waals surface area contributed by atoms with Crippen molar-refractivity contribution >= 4 is 11.4 Å². The van der Waals surface area contributed by atoms with Crippen molar-refractivity contribution in [3.8, 4) is 0 Å². The molecule has 9 heavy (non-hydrogen) atoms. The normalized spacial score (nSPS) is 18.1. The molecule has 0 aromatic carbocycles. The second kappa shape index (κ2) is 1.97. The lowest BCUT2D eigenvalue weighted by atomic mass is 10.1. The van der Waals surface area contributed by atoms with Crippen LogP contribution in [0.2, 0.25) is 0 Å². The van der Waals surface area contributed by atoms with Crippen LogP contribution < -0.4 is 5.41 Å². The molecule has 0 radical (unpaired) electrons. The van der Waals surface area contributed by atoms with Crippen LogP contribution in [0.4, 0.5) is 0 Å². The van der Waals surface area contributed by atoms with Gasteiger partial charge in [0.05, 0.1) is 0 Å². The molecular weight excluding hydrogens is 112 g/mol. The number of allylic oxidation sites excluding steroid dienone is 4. The van der Waals surface area contributed by atoms with Crippen LogP contribution in [0.3, 0.4) is 0 Å². The van der Waals surface area contributed by atoms with Gasteiger partial charge >= 0.3 is 0 Å². The third-order valence-electron chi connectivity index (χ3n) is 1.21. The number of nitrogens with two attached hydrogens (primary N) is 1. The molecule has 0 aromatic rings. The monoisotopic (exact) mass is 121 g/mol. The SMILES string of the molecule is CC1=CC(=[NH2+])C(=N)C=C1. The van der Waals surface area contributed by atoms with Gasteiger partial charge in [-0.2, -0.15) is 0 Å². The first-order chi connectivity index (χ1) is 4.20. The summed E-state index contributed by atoms with van der Waals surface area (Å²) in [6.07, 6.45) is 5.37. The van der Waals surface area contributed by atoms with Crippen LogP contribution in [0.25, 0.3) is 0 Å². The van der Waals surface area contributed by atoms with E-state index in [1.807, 2.05) is 13.0 Å². The first-order valence-electron chi connectivity index (χ1n) is 2.78. The van der Waals surface area contributed by atoms with Gasteiger partial charge in [-0.25, -0.2) is 0 Å². The fraction of sp³-hybridized carbons (Fsp3) is 0.143. The highest BCUT2D eigenvalue weighted by atomic mass is 14.5. The highest BCUT2D eigenvalue weighted by Crippen LogP contribution is 2.00. The Morgan fingerprint density at radius 1 is 1.44 bits per heavy atom. The number of nitrogens with one attached hydrogen (secondary N) is 1. The topological polar surface area (TPSA) is 49.4 Å². The van der Waals surface area contributed by atoms with E-state index < -0.39 is 0 Å². The highest BCUT2D eigenvalue weighted by Gasteiger charge is 2.07. The molecule has 2 nitrogen and oxygen atoms in total. The summed E-state index contributed by atoms with van der Waals surface area (Å²) in [5, 5.41) is 12.6. The Balaban J connectivity index is 2.95. The van der Waals surface area contributed by atoms with Crippen molar-refractivity contribution in [3.05, 3.63) is 23.8 Å². The van der Waals surface area contributed by atoms with Crippen molar-refractivity contribution in [2.45, 2.75) is 6.92 Å². The Morgan fingerprint density at radius 2 is 2.11 bits per heavy atom. The minimum absolute atomic E-state index is 0.403. The quantitative estimate of drug-likeness (QED) is 0.414. The molecule has 0 aliphatic heterocycles. The van der Waals surface area contributed by atoms with Gasteiger partial charge in [0.2, 0.25) is 5.71 Å². The third kappa shape index (κ3) is 1.13. The van der Waals surface area contributed by atoms with Crippen LogP contribution >= 0.6 is 0 Å². The minimum Gasteiger partial charge on any atom is -0.295 e. The van der Waals surface area contributed by atoms with Crippen LogP contribution in [0.15, 0.2) is 23.8 Å². The largest absolute Gasteiger partial charge is 0.295 e. The van der Waals surface area contributed by atoms with Crippen molar-refractivity contribution in [2.24, 2.45) is 0 Å². The zero-order valence-electron chi connectivity index (χ0n) is 5.31. The lowest BCUT2D eigenvalue weighted by Crippen LogP contribution is -2.43. The van der Waals surface area contributed by atoms with Crippen molar-refractivity contribution in [1.82, 2.24) is 0 Å². The van der Waals surface area contributed by atoms with Crippen molar-refractivity contribution < 1.29 is 5.41 Å². The van der Waals surface area contributed by atoms with Gasteiger partial charge in [0.1, 0.15) is 5.71 Å². The van der Waals surface area contributed by atoms with E-state index in [0.29, 0.717) is 11.4 Å². The Kier molecular flexibility index (Phi) is 1.30. The molecule has 1 aliphatic carbocycles. The average Bonchev–Trinajstić information content (AvgIpc) is 1.80. The molecule has 46 valence electrons. The third-order valence-corrected chi connectivity index (χ3v) is 1.21. The van der Waals surface area contributed by atoms with Gasteiger partial charge in [-0.1, -0.05) is 6.08 Å². The molecule has 2 heteroatoms. The van der Waals surface area contributed by atoms with E-state index >= 15 is 0 Å². The Hall–Kier alpha value is -1.18. The second-order valence-corrected chi connectivity index (χ2v) is 2.09. The van der Waals surface area contributed by atoms with Crippen LogP contribution in [0.1, 0.15) is 6.92 Å². The summed E-state index contributed by atoms with van der Waals surface area (Å²) in [6, 6.07) is 0. The zero-order chi connectivity index (χ0) is 6.85. The Morgan fingerprint density at radius 3 is 2.56 bits per heavy atom. The van der Waals surface area contributed by atoms with Gasteiger partial charge in [-0.15, -0.1) is 0 Å². The van der Waals surface area contributed by atoms with Crippen LogP contribution in [0, 0.1) is 5.41 Å². The molecule has 0 amide bonds. The lowest BCUT2D eigenvalue weighted by molar-refractivity contribution is -0.108. The summed E-state index contributed by atoms with van der Waals surface area (Å²) in [7, 11) is 0. The van der Waals surface area contributed by atoms with Crippen LogP contribution in [-0.4, -0.2) is 11.4 Å². The Bertz CT molecular complexity index is 221. The number of hydrogen-bond acceptors (Lipinski definition) is 1. The molecule has 0 fully saturated rings. The smallest absolute Gasteiger partial charge is 0.222 e. The standard InChI is InChI=1S/C7H8N2/c1-5-2-3-6(8)7(9)4-5/h2-4,8-9H,1H3/p+1. The van der Waals surface area contributed by atoms with E-state index in [9.17, 15) is 0 Å². The first-order valence-corrected chi connectivity index (χ1v) is 2.78. The number of hydrogen-bond donors (Lipinski definition) is 2. The predicted molar refractivity (Wildman–Crippen MR) is 37.6 cm³/mol. The average molecular weight is 121 g/mol. The molecular formula is C7H9N2+. The molecule has 1 rings (SSSR count). The van der Waals surface area contributed by atoms with Gasteiger partial charge in [0, 0.05) is 6.08 Å². The molecule has 0 spiro atoms. The molecule has 3 N–H and O–H groups in total.